The largest absolute Gasteiger partial charge is 0.516 e. The van der Waals surface area contributed by atoms with E-state index >= 15 is 0 Å². The molecule has 0 heterocycles. The smallest absolute Gasteiger partial charge is 0.0751 e. The second kappa shape index (κ2) is 25.2. The molecule has 2 heteroatoms. The minimum atomic E-state index is 0.189. The third-order valence-electron chi connectivity index (χ3n) is 3.58. The number of aliphatic hydroxyl groups is 2. The molecule has 0 aliphatic carbocycles. The normalized spacial score (nSPS) is 11.0. The van der Waals surface area contributed by atoms with Gasteiger partial charge in [-0.1, -0.05) is 89.9 Å². The average Bonchev–Trinajstić information content (AvgIpc) is 2.54. The second-order valence-electron chi connectivity index (χ2n) is 5.80. The molecule has 2 nitrogen and oxygen atoms in total. The zero-order valence-corrected chi connectivity index (χ0v) is 15.1. The van der Waals surface area contributed by atoms with Crippen molar-refractivity contribution in [3.63, 3.8) is 0 Å². The molecule has 0 fully saturated rings. The van der Waals surface area contributed by atoms with Gasteiger partial charge in [-0.2, -0.15) is 0 Å². The second-order valence-corrected chi connectivity index (χ2v) is 5.80. The molecule has 0 amide bonds. The van der Waals surface area contributed by atoms with E-state index in [2.05, 4.69) is 19.9 Å². The van der Waals surface area contributed by atoms with Gasteiger partial charge in [0.05, 0.1) is 12.9 Å². The fourth-order valence-electron chi connectivity index (χ4n) is 2.18. The van der Waals surface area contributed by atoms with Crippen molar-refractivity contribution in [1.82, 2.24) is 0 Å². The van der Waals surface area contributed by atoms with Gasteiger partial charge >= 0.3 is 0 Å². The number of hydrogen-bond donors (Lipinski definition) is 2. The zero-order valence-electron chi connectivity index (χ0n) is 15.1. The summed E-state index contributed by atoms with van der Waals surface area (Å²) < 4.78 is 0. The highest BCUT2D eigenvalue weighted by molar-refractivity contribution is 4.80. The predicted molar refractivity (Wildman–Crippen MR) is 99.4 cm³/mol. The van der Waals surface area contributed by atoms with Crippen LogP contribution in [0.2, 0.25) is 0 Å². The van der Waals surface area contributed by atoms with Crippen molar-refractivity contribution in [3.8, 4) is 0 Å². The highest BCUT2D eigenvalue weighted by Gasteiger charge is 1.87. The number of unbranched alkanes of at least 4 members (excludes halogenated alkanes) is 11. The van der Waals surface area contributed by atoms with Crippen molar-refractivity contribution in [2.45, 2.75) is 97.3 Å². The van der Waals surface area contributed by atoms with E-state index in [-0.39, 0.29) is 6.61 Å². The van der Waals surface area contributed by atoms with Crippen molar-refractivity contribution >= 4 is 0 Å². The van der Waals surface area contributed by atoms with Crippen LogP contribution in [0.25, 0.3) is 0 Å². The Morgan fingerprint density at radius 2 is 1.05 bits per heavy atom. The number of hydrogen-bond acceptors (Lipinski definition) is 2. The maximum absolute atomic E-state index is 8.42. The first kappa shape index (κ1) is 23.5. The zero-order chi connectivity index (χ0) is 16.7. The molecule has 132 valence electrons. The summed E-state index contributed by atoms with van der Waals surface area (Å²) in [5.41, 5.74) is 0. The topological polar surface area (TPSA) is 40.5 Å². The summed E-state index contributed by atoms with van der Waals surface area (Å²) in [6.45, 7) is 4.65. The molecule has 0 rings (SSSR count). The summed E-state index contributed by atoms with van der Waals surface area (Å²) in [5.74, 6) is 0. The molecular formula is C20H40O2. The molecule has 0 aromatic carbocycles. The molecule has 0 aromatic heterocycles. The van der Waals surface area contributed by atoms with Crippen molar-refractivity contribution in [2.24, 2.45) is 0 Å². The number of rotatable bonds is 14. The third kappa shape index (κ3) is 27.6. The predicted octanol–water partition coefficient (Wildman–Crippen LogP) is 6.70. The van der Waals surface area contributed by atoms with E-state index in [1.54, 1.807) is 0 Å². The molecule has 0 bridgehead atoms. The molecule has 0 radical (unpaired) electrons. The molecule has 0 unspecified atom stereocenters. The van der Waals surface area contributed by atoms with Gasteiger partial charge in [0.2, 0.25) is 0 Å². The van der Waals surface area contributed by atoms with Crippen LogP contribution in [0.1, 0.15) is 97.3 Å². The highest BCUT2D eigenvalue weighted by atomic mass is 16.2. The lowest BCUT2D eigenvalue weighted by Gasteiger charge is -1.96. The Morgan fingerprint density at radius 3 is 1.50 bits per heavy atom. The van der Waals surface area contributed by atoms with Crippen LogP contribution in [0.5, 0.6) is 0 Å². The van der Waals surface area contributed by atoms with E-state index in [9.17, 15) is 0 Å². The number of allylic oxidation sites excluding steroid dienone is 2. The van der Waals surface area contributed by atoms with Gasteiger partial charge in [-0.3, -0.25) is 0 Å². The van der Waals surface area contributed by atoms with E-state index in [1.165, 1.54) is 70.6 Å². The summed E-state index contributed by atoms with van der Waals surface area (Å²) >= 11 is 0. The van der Waals surface area contributed by atoms with E-state index in [4.69, 9.17) is 10.2 Å². The molecule has 22 heavy (non-hydrogen) atoms. The van der Waals surface area contributed by atoms with Gasteiger partial charge in [0.25, 0.3) is 0 Å². The molecule has 0 atom stereocenters. The van der Waals surface area contributed by atoms with Gasteiger partial charge in [-0.25, -0.2) is 0 Å². The molecule has 0 aliphatic heterocycles. The Morgan fingerprint density at radius 1 is 0.591 bits per heavy atom. The van der Waals surface area contributed by atoms with Crippen LogP contribution >= 0.6 is 0 Å². The monoisotopic (exact) mass is 312 g/mol. The van der Waals surface area contributed by atoms with Crippen LogP contribution in [0.4, 0.5) is 0 Å². The minimum absolute atomic E-state index is 0.189. The van der Waals surface area contributed by atoms with Crippen molar-refractivity contribution in [2.75, 3.05) is 6.61 Å². The van der Waals surface area contributed by atoms with Crippen LogP contribution in [-0.4, -0.2) is 16.8 Å². The van der Waals surface area contributed by atoms with Crippen molar-refractivity contribution < 1.29 is 10.2 Å². The lowest BCUT2D eigenvalue weighted by Crippen LogP contribution is -1.77. The van der Waals surface area contributed by atoms with Gasteiger partial charge in [-0.05, 0) is 25.7 Å². The molecule has 0 saturated heterocycles. The highest BCUT2D eigenvalue weighted by Crippen LogP contribution is 2.06. The lowest BCUT2D eigenvalue weighted by molar-refractivity contribution is 0.342. The lowest BCUT2D eigenvalue weighted by atomic mass is 10.1. The van der Waals surface area contributed by atoms with E-state index in [1.807, 2.05) is 12.2 Å². The summed E-state index contributed by atoms with van der Waals surface area (Å²) in [4.78, 5) is 0. The molecular weight excluding hydrogens is 272 g/mol. The molecule has 0 saturated carbocycles. The summed E-state index contributed by atoms with van der Waals surface area (Å²) in [6, 6.07) is 0. The van der Waals surface area contributed by atoms with E-state index < -0.39 is 0 Å². The Hall–Kier alpha value is -0.760. The first-order valence-electron chi connectivity index (χ1n) is 9.38. The first-order valence-corrected chi connectivity index (χ1v) is 9.38. The third-order valence-corrected chi connectivity index (χ3v) is 3.58. The van der Waals surface area contributed by atoms with Gasteiger partial charge in [0.15, 0.2) is 0 Å². The first-order chi connectivity index (χ1) is 10.8. The fraction of sp³-hybridized carbons (Fsp3) is 0.800. The standard InChI is InChI=1S/2C10H20O/c2*1-2-3-4-5-6-7-8-9-10-11/h9-11H,2-8H2,1H3;8-9,11H,2-7,10H2,1H3/b10-9+;9-8+. The quantitative estimate of drug-likeness (QED) is 0.213. The number of aliphatic hydroxyl groups excluding tert-OH is 2. The SMILES string of the molecule is CCCCCCC/C=C/CO.CCCCCCCC/C=C/O. The van der Waals surface area contributed by atoms with Crippen LogP contribution in [0.3, 0.4) is 0 Å². The van der Waals surface area contributed by atoms with Crippen LogP contribution < -0.4 is 0 Å². The molecule has 0 aliphatic rings. The van der Waals surface area contributed by atoms with Crippen LogP contribution in [-0.2, 0) is 0 Å². The summed E-state index contributed by atoms with van der Waals surface area (Å²) in [6.07, 6.45) is 23.6. The van der Waals surface area contributed by atoms with E-state index in [0.29, 0.717) is 0 Å². The maximum atomic E-state index is 8.42. The van der Waals surface area contributed by atoms with Crippen LogP contribution in [0.15, 0.2) is 24.5 Å². The maximum Gasteiger partial charge on any atom is 0.0751 e. The Bertz CT molecular complexity index is 222. The fourth-order valence-corrected chi connectivity index (χ4v) is 2.18. The summed E-state index contributed by atoms with van der Waals surface area (Å²) in [5, 5.41) is 16.7. The van der Waals surface area contributed by atoms with Crippen molar-refractivity contribution in [1.29, 1.82) is 0 Å². The molecule has 2 N–H and O–H groups in total. The van der Waals surface area contributed by atoms with E-state index in [0.717, 1.165) is 19.1 Å². The van der Waals surface area contributed by atoms with Gasteiger partial charge in [0, 0.05) is 0 Å². The minimum Gasteiger partial charge on any atom is -0.516 e. The van der Waals surface area contributed by atoms with Gasteiger partial charge in [-0.15, -0.1) is 0 Å². The molecule has 0 spiro atoms. The average molecular weight is 313 g/mol. The van der Waals surface area contributed by atoms with Crippen LogP contribution in [0, 0.1) is 0 Å². The Kier molecular flexibility index (Phi) is 26.9. The summed E-state index contributed by atoms with van der Waals surface area (Å²) in [7, 11) is 0. The Balaban J connectivity index is 0. The Labute approximate surface area is 139 Å². The molecule has 0 aromatic rings. The van der Waals surface area contributed by atoms with Gasteiger partial charge in [0.1, 0.15) is 0 Å². The van der Waals surface area contributed by atoms with Gasteiger partial charge < -0.3 is 10.2 Å². The van der Waals surface area contributed by atoms with Crippen molar-refractivity contribution in [3.05, 3.63) is 24.5 Å².